The van der Waals surface area contributed by atoms with E-state index in [4.69, 9.17) is 18.0 Å². The topological polar surface area (TPSA) is 227 Å². The standard InChI is InChI=1S/C29H20FNO5S.2C28H17F2NO4S/c1-35-19-11-13-20(14-12-19)37-27-25(32)23-26(36-29(27)34)22-15-6-16-4-2-3-5-21(16)24(22)31(28(23)33)18-9-7-17(30)8-10-18;29-16-9-11-18(12-10-16)31-23-20-7-2-1-4-15(20)8-13-21(23)25-22(27(31)33)24(32)26(28(34)35-25)36-19-6-3-5-17(30)14-19;29-16-6-10-18(11-7-16)31-23-20-4-2-1-3-15(20)5-14-21(23)25-22(27(31)33)24(32)26(28(34)35-25)36-19-12-8-17(30)9-13-19/h2-5,7-14,32H,6,15H2,1H3;1-7,9-12,14,32H,8,13H2;1-4,6-13,32H,5,14H2. The van der Waals surface area contributed by atoms with Crippen LogP contribution < -0.4 is 38.3 Å². The van der Waals surface area contributed by atoms with Gasteiger partial charge in [0.25, 0.3) is 16.7 Å². The monoisotopic (exact) mass is 1520 g/mol. The minimum absolute atomic E-state index is 0.0222. The molecule has 0 saturated heterocycles. The lowest BCUT2D eigenvalue weighted by molar-refractivity contribution is 0.414. The van der Waals surface area contributed by atoms with Crippen LogP contribution in [0.5, 0.6) is 23.0 Å². The van der Waals surface area contributed by atoms with E-state index in [-0.39, 0.29) is 47.6 Å². The van der Waals surface area contributed by atoms with Crippen LogP contribution in [0.4, 0.5) is 22.0 Å². The maximum atomic E-state index is 14.0. The van der Waals surface area contributed by atoms with Gasteiger partial charge in [0, 0.05) is 65.1 Å². The lowest BCUT2D eigenvalue weighted by Gasteiger charge is -2.25. The van der Waals surface area contributed by atoms with Gasteiger partial charge in [-0.15, -0.1) is 0 Å². The number of methoxy groups -OCH3 is 1. The molecule has 0 bridgehead atoms. The summed E-state index contributed by atoms with van der Waals surface area (Å²) < 4.78 is 94.9. The average Bonchev–Trinajstić information content (AvgIpc) is 0.731. The summed E-state index contributed by atoms with van der Waals surface area (Å²) in [6.45, 7) is 0. The second kappa shape index (κ2) is 28.9. The van der Waals surface area contributed by atoms with E-state index < -0.39 is 79.9 Å². The highest BCUT2D eigenvalue weighted by Crippen LogP contribution is 2.46. The molecule has 18 rings (SSSR count). The third-order valence-corrected chi connectivity index (χ3v) is 22.3. The first-order valence-corrected chi connectivity index (χ1v) is 36.4. The molecular weight excluding hydrogens is 1460 g/mol. The summed E-state index contributed by atoms with van der Waals surface area (Å²) in [5.41, 5.74) is 6.27. The number of ether oxygens (including phenoxy) is 1. The first-order valence-electron chi connectivity index (χ1n) is 33.9. The van der Waals surface area contributed by atoms with E-state index in [2.05, 4.69) is 0 Å². The summed E-state index contributed by atoms with van der Waals surface area (Å²) in [5.74, 6) is -3.10. The molecule has 0 fully saturated rings. The van der Waals surface area contributed by atoms with Gasteiger partial charge in [0.1, 0.15) is 65.7 Å². The zero-order chi connectivity index (χ0) is 75.6. The average molecular weight is 1520 g/mol. The molecule has 0 amide bonds. The Balaban J connectivity index is 0.000000124. The van der Waals surface area contributed by atoms with Gasteiger partial charge in [-0.05, 0) is 195 Å². The first-order chi connectivity index (χ1) is 52.8. The van der Waals surface area contributed by atoms with Gasteiger partial charge in [0.2, 0.25) is 0 Å². The number of aryl methyl sites for hydroxylation is 6. The number of halogens is 5. The first kappa shape index (κ1) is 70.7. The molecule has 0 aliphatic heterocycles. The maximum absolute atomic E-state index is 14.0. The number of pyridine rings is 3. The number of benzene rings is 9. The van der Waals surface area contributed by atoms with Crippen molar-refractivity contribution in [1.29, 1.82) is 0 Å². The van der Waals surface area contributed by atoms with Crippen LogP contribution in [0.2, 0.25) is 0 Å². The summed E-state index contributed by atoms with van der Waals surface area (Å²) in [6.07, 6.45) is 3.39. The highest BCUT2D eigenvalue weighted by molar-refractivity contribution is 8.00. The molecule has 6 heterocycles. The molecule has 16 nitrogen and oxygen atoms in total. The lowest BCUT2D eigenvalue weighted by Crippen LogP contribution is -2.25. The summed E-state index contributed by atoms with van der Waals surface area (Å²) in [4.78, 5) is 82.1. The number of hydrogen-bond acceptors (Lipinski definition) is 16. The number of aromatic nitrogens is 3. The van der Waals surface area contributed by atoms with Crippen LogP contribution in [0.1, 0.15) is 33.4 Å². The van der Waals surface area contributed by atoms with Crippen molar-refractivity contribution in [3.8, 4) is 73.8 Å². The SMILES string of the molecule is COc1ccc(Sc2c(O)c3c(=O)n(-c4ccc(F)cc4)c4c(c3oc2=O)CCc2ccccc2-4)cc1.O=c1oc2c3c(n(-c4ccc(F)cc4)c(=O)c2c(O)c1Sc1ccc(F)cc1)-c1ccccc1CC3.O=c1oc2c3c(n(-c4ccc(F)cc4)c(=O)c2c(O)c1Sc1cccc(F)c1)-c1ccccc1CC3. The molecule has 540 valence electrons. The summed E-state index contributed by atoms with van der Waals surface area (Å²) in [7, 11) is 1.55. The molecule has 0 unspecified atom stereocenters. The predicted octanol–water partition coefficient (Wildman–Crippen LogP) is 17.4. The Kier molecular flexibility index (Phi) is 18.7. The summed E-state index contributed by atoms with van der Waals surface area (Å²) in [5, 5.41) is 33.3. The van der Waals surface area contributed by atoms with Crippen LogP contribution in [-0.2, 0) is 38.5 Å². The maximum Gasteiger partial charge on any atom is 0.354 e. The van der Waals surface area contributed by atoms with Gasteiger partial charge in [-0.2, -0.15) is 0 Å². The molecule has 109 heavy (non-hydrogen) atoms. The Labute approximate surface area is 625 Å². The molecule has 6 aromatic heterocycles. The Morgan fingerprint density at radius 3 is 0.963 bits per heavy atom. The van der Waals surface area contributed by atoms with Crippen molar-refractivity contribution < 1.29 is 55.3 Å². The van der Waals surface area contributed by atoms with Crippen molar-refractivity contribution in [2.75, 3.05) is 7.11 Å². The van der Waals surface area contributed by atoms with E-state index in [1.165, 1.54) is 129 Å². The molecule has 3 aliphatic rings. The number of rotatable bonds is 10. The van der Waals surface area contributed by atoms with Gasteiger partial charge < -0.3 is 33.3 Å². The second-order valence-electron chi connectivity index (χ2n) is 25.5. The number of nitrogens with zero attached hydrogens (tertiary/aromatic N) is 3. The van der Waals surface area contributed by atoms with Gasteiger partial charge in [-0.3, -0.25) is 28.1 Å². The van der Waals surface area contributed by atoms with Crippen LogP contribution in [0.3, 0.4) is 0 Å². The fourth-order valence-electron chi connectivity index (χ4n) is 14.2. The van der Waals surface area contributed by atoms with Crippen LogP contribution in [0.15, 0.2) is 290 Å². The fourth-order valence-corrected chi connectivity index (χ4v) is 16.7. The second-order valence-corrected chi connectivity index (χ2v) is 28.8. The number of fused-ring (bicyclic) bond motifs is 15. The smallest absolute Gasteiger partial charge is 0.354 e. The Morgan fingerprint density at radius 1 is 0.339 bits per heavy atom. The predicted molar refractivity (Wildman–Crippen MR) is 406 cm³/mol. The molecule has 0 radical (unpaired) electrons. The lowest BCUT2D eigenvalue weighted by atomic mass is 9.87. The van der Waals surface area contributed by atoms with Gasteiger partial charge in [0.05, 0.1) is 24.2 Å². The van der Waals surface area contributed by atoms with Crippen molar-refractivity contribution >= 4 is 68.2 Å². The molecule has 0 saturated carbocycles. The molecule has 3 aliphatic carbocycles. The van der Waals surface area contributed by atoms with Crippen molar-refractivity contribution in [3.05, 3.63) is 343 Å². The van der Waals surface area contributed by atoms with E-state index >= 15 is 0 Å². The van der Waals surface area contributed by atoms with E-state index in [1.54, 1.807) is 37.4 Å². The van der Waals surface area contributed by atoms with E-state index in [0.717, 1.165) is 68.7 Å². The van der Waals surface area contributed by atoms with Gasteiger partial charge >= 0.3 is 16.9 Å². The minimum atomic E-state index is -0.825. The van der Waals surface area contributed by atoms with Crippen LogP contribution in [0, 0.1) is 29.1 Å². The van der Waals surface area contributed by atoms with Gasteiger partial charge in [-0.1, -0.05) is 114 Å². The summed E-state index contributed by atoms with van der Waals surface area (Å²) in [6, 6.07) is 57.4. The molecule has 3 N–H and O–H groups in total. The summed E-state index contributed by atoms with van der Waals surface area (Å²) >= 11 is 2.70. The third-order valence-electron chi connectivity index (χ3n) is 19.1. The zero-order valence-electron chi connectivity index (χ0n) is 56.9. The minimum Gasteiger partial charge on any atom is -0.505 e. The van der Waals surface area contributed by atoms with Crippen LogP contribution >= 0.6 is 35.3 Å². The number of aromatic hydroxyl groups is 3. The molecule has 0 atom stereocenters. The van der Waals surface area contributed by atoms with Crippen molar-refractivity contribution in [2.24, 2.45) is 0 Å². The van der Waals surface area contributed by atoms with Crippen LogP contribution in [-0.4, -0.2) is 36.1 Å². The number of hydrogen-bond donors (Lipinski definition) is 3. The highest BCUT2D eigenvalue weighted by Gasteiger charge is 2.34. The largest absolute Gasteiger partial charge is 0.505 e. The Bertz CT molecular complexity index is 6620. The molecule has 0 spiro atoms. The van der Waals surface area contributed by atoms with E-state index in [9.17, 15) is 66.0 Å². The molecule has 15 aromatic rings. The Hall–Kier alpha value is -12.6. The quantitative estimate of drug-likeness (QED) is 0.108. The molecule has 9 aromatic carbocycles. The zero-order valence-corrected chi connectivity index (χ0v) is 59.4. The van der Waals surface area contributed by atoms with Crippen molar-refractivity contribution in [1.82, 2.24) is 13.7 Å². The highest BCUT2D eigenvalue weighted by atomic mass is 32.2. The van der Waals surface area contributed by atoms with Crippen LogP contribution in [0.25, 0.3) is 83.7 Å². The van der Waals surface area contributed by atoms with Crippen molar-refractivity contribution in [3.63, 3.8) is 0 Å². The molecular formula is C85H54F5N3O13S3. The van der Waals surface area contributed by atoms with Crippen molar-refractivity contribution in [2.45, 2.75) is 67.9 Å². The van der Waals surface area contributed by atoms with Gasteiger partial charge in [0.15, 0.2) is 34.0 Å². The fraction of sp³-hybridized carbons (Fsp3) is 0.0824. The molecule has 24 heteroatoms. The van der Waals surface area contributed by atoms with E-state index in [0.29, 0.717) is 110 Å². The third kappa shape index (κ3) is 12.9. The Morgan fingerprint density at radius 2 is 0.642 bits per heavy atom. The normalized spacial score (nSPS) is 12.3. The van der Waals surface area contributed by atoms with E-state index in [1.807, 2.05) is 72.8 Å². The van der Waals surface area contributed by atoms with Gasteiger partial charge in [-0.25, -0.2) is 36.3 Å².